The SMILES string of the molecule is O=COC1Oc2ccc(Br)cc2O1. The van der Waals surface area contributed by atoms with Crippen LogP contribution in [0.3, 0.4) is 0 Å². The Kier molecular flexibility index (Phi) is 2.10. The third-order valence-electron chi connectivity index (χ3n) is 1.52. The van der Waals surface area contributed by atoms with Crippen LogP contribution in [0.1, 0.15) is 0 Å². The van der Waals surface area contributed by atoms with E-state index in [2.05, 4.69) is 20.7 Å². The molecule has 0 saturated heterocycles. The predicted octanol–water partition coefficient (Wildman–Crippen LogP) is 1.68. The Hall–Kier alpha value is -1.23. The molecule has 0 amide bonds. The van der Waals surface area contributed by atoms with Gasteiger partial charge < -0.3 is 14.2 Å². The molecule has 4 nitrogen and oxygen atoms in total. The van der Waals surface area contributed by atoms with Gasteiger partial charge in [-0.1, -0.05) is 15.9 Å². The van der Waals surface area contributed by atoms with E-state index in [9.17, 15) is 4.79 Å². The van der Waals surface area contributed by atoms with Gasteiger partial charge in [-0.25, -0.2) is 0 Å². The predicted molar refractivity (Wildman–Crippen MR) is 46.3 cm³/mol. The number of carbonyl (C=O) groups is 1. The molecule has 68 valence electrons. The second-order valence-corrected chi connectivity index (χ2v) is 3.26. The van der Waals surface area contributed by atoms with Gasteiger partial charge in [0, 0.05) is 4.47 Å². The van der Waals surface area contributed by atoms with Crippen LogP contribution in [0, 0.1) is 0 Å². The van der Waals surface area contributed by atoms with Crippen molar-refractivity contribution in [2.75, 3.05) is 0 Å². The lowest BCUT2D eigenvalue weighted by molar-refractivity contribution is -0.180. The largest absolute Gasteiger partial charge is 0.419 e. The van der Waals surface area contributed by atoms with Crippen LogP contribution < -0.4 is 9.47 Å². The number of hydrogen-bond donors (Lipinski definition) is 0. The smallest absolute Gasteiger partial charge is 0.408 e. The van der Waals surface area contributed by atoms with Gasteiger partial charge in [-0.2, -0.15) is 0 Å². The Morgan fingerprint density at radius 1 is 1.38 bits per heavy atom. The lowest BCUT2D eigenvalue weighted by atomic mass is 10.3. The van der Waals surface area contributed by atoms with Crippen LogP contribution in [0.5, 0.6) is 11.5 Å². The van der Waals surface area contributed by atoms with Crippen molar-refractivity contribution in [2.45, 2.75) is 6.48 Å². The molecular weight excluding hydrogens is 240 g/mol. The van der Waals surface area contributed by atoms with Crippen LogP contribution in [0.2, 0.25) is 0 Å². The average Bonchev–Trinajstić information content (AvgIpc) is 2.46. The zero-order valence-electron chi connectivity index (χ0n) is 6.40. The first-order valence-corrected chi connectivity index (χ1v) is 4.31. The summed E-state index contributed by atoms with van der Waals surface area (Å²) >= 11 is 3.28. The van der Waals surface area contributed by atoms with Crippen molar-refractivity contribution < 1.29 is 19.0 Å². The molecule has 1 aromatic rings. The lowest BCUT2D eigenvalue weighted by Crippen LogP contribution is -2.20. The molecule has 1 aromatic carbocycles. The maximum atomic E-state index is 9.99. The normalized spacial score (nSPS) is 18.4. The molecule has 1 aliphatic heterocycles. The van der Waals surface area contributed by atoms with E-state index in [1.165, 1.54) is 0 Å². The summed E-state index contributed by atoms with van der Waals surface area (Å²) in [6.45, 7) is -0.673. The van der Waals surface area contributed by atoms with Crippen molar-refractivity contribution in [3.05, 3.63) is 22.7 Å². The summed E-state index contributed by atoms with van der Waals surface area (Å²) in [6.07, 6.45) is 0. The molecule has 0 aliphatic carbocycles. The highest BCUT2D eigenvalue weighted by Crippen LogP contribution is 2.36. The van der Waals surface area contributed by atoms with E-state index in [-0.39, 0.29) is 6.47 Å². The van der Waals surface area contributed by atoms with Crippen LogP contribution in [0.4, 0.5) is 0 Å². The van der Waals surface area contributed by atoms with E-state index in [0.717, 1.165) is 4.47 Å². The summed E-state index contributed by atoms with van der Waals surface area (Å²) in [7, 11) is 0. The topological polar surface area (TPSA) is 44.8 Å². The number of hydrogen-bond acceptors (Lipinski definition) is 4. The Labute approximate surface area is 82.5 Å². The minimum absolute atomic E-state index is 0.283. The Bertz CT molecular complexity index is 339. The molecule has 0 radical (unpaired) electrons. The number of benzene rings is 1. The van der Waals surface area contributed by atoms with Gasteiger partial charge in [0.05, 0.1) is 0 Å². The molecule has 0 fully saturated rings. The molecule has 0 spiro atoms. The summed E-state index contributed by atoms with van der Waals surface area (Å²) in [5, 5.41) is 0. The quantitative estimate of drug-likeness (QED) is 0.743. The van der Waals surface area contributed by atoms with Crippen molar-refractivity contribution >= 4 is 22.4 Å². The second-order valence-electron chi connectivity index (χ2n) is 2.35. The summed E-state index contributed by atoms with van der Waals surface area (Å²) in [5.74, 6) is 1.12. The third kappa shape index (κ3) is 1.60. The van der Waals surface area contributed by atoms with Crippen LogP contribution in [0.25, 0.3) is 0 Å². The van der Waals surface area contributed by atoms with E-state index < -0.39 is 6.48 Å². The van der Waals surface area contributed by atoms with Gasteiger partial charge in [-0.15, -0.1) is 0 Å². The first kappa shape index (κ1) is 8.37. The Morgan fingerprint density at radius 2 is 2.15 bits per heavy atom. The van der Waals surface area contributed by atoms with Crippen molar-refractivity contribution in [1.82, 2.24) is 0 Å². The van der Waals surface area contributed by atoms with Crippen LogP contribution in [-0.2, 0) is 9.53 Å². The highest BCUT2D eigenvalue weighted by atomic mass is 79.9. The summed E-state index contributed by atoms with van der Waals surface area (Å²) in [5.41, 5.74) is 0. The molecule has 1 atom stereocenters. The van der Waals surface area contributed by atoms with E-state index >= 15 is 0 Å². The molecule has 0 bridgehead atoms. The van der Waals surface area contributed by atoms with Gasteiger partial charge in [-0.3, -0.25) is 4.79 Å². The summed E-state index contributed by atoms with van der Waals surface area (Å²) in [6, 6.07) is 5.28. The number of rotatable bonds is 2. The minimum Gasteiger partial charge on any atom is -0.419 e. The molecular formula is C8H5BrO4. The van der Waals surface area contributed by atoms with Crippen LogP contribution in [0.15, 0.2) is 22.7 Å². The number of carbonyl (C=O) groups excluding carboxylic acids is 1. The van der Waals surface area contributed by atoms with Crippen molar-refractivity contribution in [2.24, 2.45) is 0 Å². The van der Waals surface area contributed by atoms with Crippen LogP contribution >= 0.6 is 15.9 Å². The van der Waals surface area contributed by atoms with Gasteiger partial charge in [0.25, 0.3) is 6.47 Å². The molecule has 0 N–H and O–H groups in total. The molecule has 1 unspecified atom stereocenters. The second kappa shape index (κ2) is 3.26. The zero-order chi connectivity index (χ0) is 9.26. The fourth-order valence-electron chi connectivity index (χ4n) is 1.00. The molecule has 0 aromatic heterocycles. The number of ether oxygens (including phenoxy) is 3. The molecule has 5 heteroatoms. The fraction of sp³-hybridized carbons (Fsp3) is 0.125. The van der Waals surface area contributed by atoms with Crippen molar-refractivity contribution in [3.63, 3.8) is 0 Å². The average molecular weight is 245 g/mol. The third-order valence-corrected chi connectivity index (χ3v) is 2.01. The Balaban J connectivity index is 2.20. The van der Waals surface area contributed by atoms with Gasteiger partial charge in [0.1, 0.15) is 0 Å². The van der Waals surface area contributed by atoms with Crippen molar-refractivity contribution in [1.29, 1.82) is 0 Å². The highest BCUT2D eigenvalue weighted by molar-refractivity contribution is 9.10. The first-order valence-electron chi connectivity index (χ1n) is 3.51. The minimum atomic E-state index is -0.957. The van der Waals surface area contributed by atoms with Gasteiger partial charge >= 0.3 is 6.48 Å². The maximum absolute atomic E-state index is 9.99. The van der Waals surface area contributed by atoms with Gasteiger partial charge in [0.2, 0.25) is 0 Å². The molecule has 0 saturated carbocycles. The summed E-state index contributed by atoms with van der Waals surface area (Å²) in [4.78, 5) is 9.99. The van der Waals surface area contributed by atoms with E-state index in [0.29, 0.717) is 11.5 Å². The van der Waals surface area contributed by atoms with Crippen molar-refractivity contribution in [3.8, 4) is 11.5 Å². The zero-order valence-corrected chi connectivity index (χ0v) is 7.98. The van der Waals surface area contributed by atoms with Gasteiger partial charge in [0.15, 0.2) is 11.5 Å². The Morgan fingerprint density at radius 3 is 2.92 bits per heavy atom. The van der Waals surface area contributed by atoms with Crippen LogP contribution in [-0.4, -0.2) is 12.9 Å². The monoisotopic (exact) mass is 244 g/mol. The summed E-state index contributed by atoms with van der Waals surface area (Å²) < 4.78 is 15.6. The molecule has 1 heterocycles. The van der Waals surface area contributed by atoms with E-state index in [1.54, 1.807) is 12.1 Å². The highest BCUT2D eigenvalue weighted by Gasteiger charge is 2.24. The first-order chi connectivity index (χ1) is 6.29. The van der Waals surface area contributed by atoms with E-state index in [4.69, 9.17) is 9.47 Å². The van der Waals surface area contributed by atoms with Gasteiger partial charge in [-0.05, 0) is 18.2 Å². The van der Waals surface area contributed by atoms with E-state index in [1.807, 2.05) is 6.07 Å². The molecule has 2 rings (SSSR count). The maximum Gasteiger partial charge on any atom is 0.408 e. The number of fused-ring (bicyclic) bond motifs is 1. The fourth-order valence-corrected chi connectivity index (χ4v) is 1.34. The molecule has 1 aliphatic rings. The standard InChI is InChI=1S/C8H5BrO4/c9-5-1-2-6-7(3-5)13-8(12-6)11-4-10/h1-4,8H. The lowest BCUT2D eigenvalue weighted by Gasteiger charge is -2.04. The number of halogens is 1. The molecule has 13 heavy (non-hydrogen) atoms.